The van der Waals surface area contributed by atoms with E-state index in [0.29, 0.717) is 13.1 Å². The lowest BCUT2D eigenvalue weighted by Gasteiger charge is -2.29. The molecule has 0 fully saturated rings. The Morgan fingerprint density at radius 3 is 1.70 bits per heavy atom. The number of nitrogens with zero attached hydrogens (tertiary/aromatic N) is 1. The maximum Gasteiger partial charge on any atom is 0.305 e. The van der Waals surface area contributed by atoms with E-state index in [2.05, 4.69) is 0 Å². The van der Waals surface area contributed by atoms with Crippen LogP contribution in [0.2, 0.25) is 0 Å². The molecule has 2 aromatic carbocycles. The first kappa shape index (κ1) is 16.9. The SMILES string of the molecule is CC(=O)C(CC(=O)O)N(Cc1ccccc1)Cc1ccccc1. The zero-order valence-electron chi connectivity index (χ0n) is 13.2. The van der Waals surface area contributed by atoms with Crippen LogP contribution in [-0.2, 0) is 22.7 Å². The third kappa shape index (κ3) is 5.34. The number of carbonyl (C=O) groups excluding carboxylic acids is 1. The Kier molecular flexibility index (Phi) is 6.06. The molecule has 4 heteroatoms. The molecule has 4 nitrogen and oxygen atoms in total. The normalized spacial score (nSPS) is 12.1. The summed E-state index contributed by atoms with van der Waals surface area (Å²) in [5, 5.41) is 9.13. The van der Waals surface area contributed by atoms with Crippen molar-refractivity contribution in [3.05, 3.63) is 71.8 Å². The predicted octanol–water partition coefficient (Wildman–Crippen LogP) is 3.12. The molecule has 0 aliphatic rings. The van der Waals surface area contributed by atoms with Crippen molar-refractivity contribution in [1.82, 2.24) is 4.90 Å². The minimum atomic E-state index is -0.962. The van der Waals surface area contributed by atoms with Gasteiger partial charge in [-0.15, -0.1) is 0 Å². The highest BCUT2D eigenvalue weighted by molar-refractivity contribution is 5.85. The summed E-state index contributed by atoms with van der Waals surface area (Å²) >= 11 is 0. The van der Waals surface area contributed by atoms with Crippen LogP contribution in [0.5, 0.6) is 0 Å². The molecule has 0 bridgehead atoms. The average molecular weight is 311 g/mol. The van der Waals surface area contributed by atoms with Crippen LogP contribution < -0.4 is 0 Å². The topological polar surface area (TPSA) is 57.6 Å². The first-order chi connectivity index (χ1) is 11.1. The molecule has 0 heterocycles. The molecule has 0 aromatic heterocycles. The lowest BCUT2D eigenvalue weighted by Crippen LogP contribution is -2.40. The first-order valence-corrected chi connectivity index (χ1v) is 7.60. The van der Waals surface area contributed by atoms with Gasteiger partial charge in [0.2, 0.25) is 0 Å². The fraction of sp³-hybridized carbons (Fsp3) is 0.263. The van der Waals surface area contributed by atoms with E-state index in [1.807, 2.05) is 65.6 Å². The van der Waals surface area contributed by atoms with Crippen molar-refractivity contribution in [2.45, 2.75) is 32.5 Å². The van der Waals surface area contributed by atoms with E-state index >= 15 is 0 Å². The van der Waals surface area contributed by atoms with Crippen molar-refractivity contribution < 1.29 is 14.7 Å². The molecule has 2 aromatic rings. The molecule has 0 aliphatic heterocycles. The van der Waals surface area contributed by atoms with E-state index in [1.54, 1.807) is 0 Å². The summed E-state index contributed by atoms with van der Waals surface area (Å²) in [5.41, 5.74) is 2.11. The largest absolute Gasteiger partial charge is 0.481 e. The van der Waals surface area contributed by atoms with Crippen LogP contribution in [0.3, 0.4) is 0 Å². The summed E-state index contributed by atoms with van der Waals surface area (Å²) in [6, 6.07) is 18.9. The van der Waals surface area contributed by atoms with Crippen LogP contribution in [0, 0.1) is 0 Å². The molecular formula is C19H21NO3. The van der Waals surface area contributed by atoms with Gasteiger partial charge < -0.3 is 5.11 Å². The molecule has 1 unspecified atom stereocenters. The number of aliphatic carboxylic acids is 1. The molecule has 1 atom stereocenters. The zero-order chi connectivity index (χ0) is 16.7. The molecule has 0 saturated carbocycles. The van der Waals surface area contributed by atoms with Crippen molar-refractivity contribution in [1.29, 1.82) is 0 Å². The summed E-state index contributed by atoms with van der Waals surface area (Å²) in [4.78, 5) is 25.1. The number of hydrogen-bond donors (Lipinski definition) is 1. The quantitative estimate of drug-likeness (QED) is 0.814. The molecule has 1 N–H and O–H groups in total. The van der Waals surface area contributed by atoms with Gasteiger partial charge in [0, 0.05) is 13.1 Å². The molecule has 0 amide bonds. The van der Waals surface area contributed by atoms with Gasteiger partial charge >= 0.3 is 5.97 Å². The summed E-state index contributed by atoms with van der Waals surface area (Å²) in [6.07, 6.45) is -0.186. The monoisotopic (exact) mass is 311 g/mol. The zero-order valence-corrected chi connectivity index (χ0v) is 13.2. The number of carboxylic acid groups (broad SMARTS) is 1. The maximum absolute atomic E-state index is 12.0. The fourth-order valence-corrected chi connectivity index (χ4v) is 2.61. The van der Waals surface area contributed by atoms with Gasteiger partial charge in [-0.2, -0.15) is 0 Å². The van der Waals surface area contributed by atoms with E-state index < -0.39 is 12.0 Å². The second-order valence-electron chi connectivity index (χ2n) is 5.60. The summed E-state index contributed by atoms with van der Waals surface area (Å²) < 4.78 is 0. The first-order valence-electron chi connectivity index (χ1n) is 7.60. The summed E-state index contributed by atoms with van der Waals surface area (Å²) in [5.74, 6) is -1.09. The van der Waals surface area contributed by atoms with Gasteiger partial charge in [0.1, 0.15) is 5.78 Å². The minimum Gasteiger partial charge on any atom is -0.481 e. The maximum atomic E-state index is 12.0. The van der Waals surface area contributed by atoms with Crippen molar-refractivity contribution in [3.63, 3.8) is 0 Å². The van der Waals surface area contributed by atoms with E-state index in [4.69, 9.17) is 5.11 Å². The lowest BCUT2D eigenvalue weighted by molar-refractivity contribution is -0.141. The average Bonchev–Trinajstić information content (AvgIpc) is 2.53. The van der Waals surface area contributed by atoms with Gasteiger partial charge in [-0.05, 0) is 18.1 Å². The smallest absolute Gasteiger partial charge is 0.305 e. The molecule has 0 aliphatic carbocycles. The van der Waals surface area contributed by atoms with E-state index in [9.17, 15) is 9.59 Å². The standard InChI is InChI=1S/C19H21NO3/c1-15(21)18(12-19(22)23)20(13-16-8-4-2-5-9-16)14-17-10-6-3-7-11-17/h2-11,18H,12-14H2,1H3,(H,22,23). The summed E-state index contributed by atoms with van der Waals surface area (Å²) in [6.45, 7) is 2.52. The second kappa shape index (κ2) is 8.25. The van der Waals surface area contributed by atoms with Gasteiger partial charge in [0.05, 0.1) is 12.5 Å². The predicted molar refractivity (Wildman–Crippen MR) is 88.9 cm³/mol. The van der Waals surface area contributed by atoms with Crippen molar-refractivity contribution in [2.24, 2.45) is 0 Å². The number of hydrogen-bond acceptors (Lipinski definition) is 3. The minimum absolute atomic E-state index is 0.126. The van der Waals surface area contributed by atoms with Crippen molar-refractivity contribution in [2.75, 3.05) is 0 Å². The van der Waals surface area contributed by atoms with Gasteiger partial charge in [-0.1, -0.05) is 60.7 Å². The summed E-state index contributed by atoms with van der Waals surface area (Å²) in [7, 11) is 0. The van der Waals surface area contributed by atoms with Gasteiger partial charge in [0.25, 0.3) is 0 Å². The number of carboxylic acids is 1. The molecule has 0 saturated heterocycles. The number of rotatable bonds is 8. The Morgan fingerprint density at radius 1 is 0.913 bits per heavy atom. The van der Waals surface area contributed by atoms with E-state index in [-0.39, 0.29) is 12.2 Å². The van der Waals surface area contributed by atoms with Gasteiger partial charge in [0.15, 0.2) is 0 Å². The second-order valence-corrected chi connectivity index (χ2v) is 5.60. The van der Waals surface area contributed by atoms with Crippen LogP contribution in [0.4, 0.5) is 0 Å². The molecule has 23 heavy (non-hydrogen) atoms. The Hall–Kier alpha value is -2.46. The van der Waals surface area contributed by atoms with E-state index in [1.165, 1.54) is 6.92 Å². The number of ketones is 1. The highest BCUT2D eigenvalue weighted by Gasteiger charge is 2.25. The Morgan fingerprint density at radius 2 is 1.35 bits per heavy atom. The lowest BCUT2D eigenvalue weighted by atomic mass is 10.0. The molecular weight excluding hydrogens is 290 g/mol. The van der Waals surface area contributed by atoms with Crippen LogP contribution in [-0.4, -0.2) is 27.8 Å². The molecule has 0 radical (unpaired) electrons. The van der Waals surface area contributed by atoms with Crippen LogP contribution in [0.15, 0.2) is 60.7 Å². The van der Waals surface area contributed by atoms with Gasteiger partial charge in [-0.25, -0.2) is 0 Å². The number of Topliss-reactive ketones (excluding diaryl/α,β-unsaturated/α-hetero) is 1. The highest BCUT2D eigenvalue weighted by Crippen LogP contribution is 2.16. The molecule has 0 spiro atoms. The van der Waals surface area contributed by atoms with Crippen LogP contribution in [0.25, 0.3) is 0 Å². The number of carbonyl (C=O) groups is 2. The Balaban J connectivity index is 2.25. The third-order valence-electron chi connectivity index (χ3n) is 3.73. The van der Waals surface area contributed by atoms with Gasteiger partial charge in [-0.3, -0.25) is 14.5 Å². The highest BCUT2D eigenvalue weighted by atomic mass is 16.4. The molecule has 120 valence electrons. The van der Waals surface area contributed by atoms with Crippen molar-refractivity contribution >= 4 is 11.8 Å². The van der Waals surface area contributed by atoms with Crippen LogP contribution in [0.1, 0.15) is 24.5 Å². The Labute approximate surface area is 136 Å². The van der Waals surface area contributed by atoms with E-state index in [0.717, 1.165) is 11.1 Å². The third-order valence-corrected chi connectivity index (χ3v) is 3.73. The Bertz CT molecular complexity index is 599. The fourth-order valence-electron chi connectivity index (χ4n) is 2.61. The van der Waals surface area contributed by atoms with Crippen LogP contribution >= 0.6 is 0 Å². The number of benzene rings is 2. The molecule has 2 rings (SSSR count). The van der Waals surface area contributed by atoms with Crippen molar-refractivity contribution in [3.8, 4) is 0 Å².